The van der Waals surface area contributed by atoms with Crippen molar-refractivity contribution in [3.63, 3.8) is 0 Å². The third-order valence-electron chi connectivity index (χ3n) is 9.62. The molecule has 2 aliphatic heterocycles. The van der Waals surface area contributed by atoms with Crippen LogP contribution in [0, 0.1) is 0 Å². The monoisotopic (exact) mass is 700 g/mol. The molecule has 4 aromatic carbocycles. The Morgan fingerprint density at radius 2 is 0.942 bits per heavy atom. The predicted octanol–water partition coefficient (Wildman–Crippen LogP) is 4.92. The number of rotatable bonds is 12. The number of anilines is 2. The number of aliphatic hydroxyl groups excluding tert-OH is 2. The number of aliphatic hydroxyl groups is 2. The highest BCUT2D eigenvalue weighted by molar-refractivity contribution is 5.99. The average molecular weight is 701 g/mol. The number of hydrogen-bond acceptors (Lipinski definition) is 6. The van der Waals surface area contributed by atoms with Gasteiger partial charge in [0, 0.05) is 37.3 Å². The van der Waals surface area contributed by atoms with Gasteiger partial charge in [-0.3, -0.25) is 19.2 Å². The number of carbonyl (C=O) groups excluding carboxylic acids is 4. The van der Waals surface area contributed by atoms with Crippen molar-refractivity contribution in [3.05, 3.63) is 131 Å². The lowest BCUT2D eigenvalue weighted by atomic mass is 10.1. The van der Waals surface area contributed by atoms with Gasteiger partial charge in [0.05, 0.1) is 0 Å². The summed E-state index contributed by atoms with van der Waals surface area (Å²) in [6.07, 6.45) is 4.33. The maximum Gasteiger partial charge on any atom is 0.252 e. The predicted molar refractivity (Wildman–Crippen MR) is 201 cm³/mol. The molecule has 10 nitrogen and oxygen atoms in total. The van der Waals surface area contributed by atoms with Crippen molar-refractivity contribution in [1.29, 1.82) is 0 Å². The van der Waals surface area contributed by atoms with Gasteiger partial charge in [0.1, 0.15) is 24.3 Å². The normalized spacial score (nSPS) is 18.3. The van der Waals surface area contributed by atoms with Gasteiger partial charge in [-0.2, -0.15) is 0 Å². The van der Waals surface area contributed by atoms with Gasteiger partial charge in [-0.25, -0.2) is 0 Å². The molecule has 2 aliphatic rings. The standard InChI is InChI=1S/C42H44N4O6/c47-37(27-31-9-3-1-4-10-31)41(51)45-25-7-13-35(45)39(49)43-33-21-17-29(18-22-33)15-16-30-19-23-34(24-20-30)44-40(50)36-14-8-26-46(36)42(52)38(48)28-32-11-5-2-6-12-32/h1-6,9-12,15-24,35-38,47-48H,7-8,13-14,25-28H2,(H,43,49)(H,44,50)/b16-15+/t35-,36-,37-,38-/m0/s1. The van der Waals surface area contributed by atoms with E-state index in [1.165, 1.54) is 9.80 Å². The molecule has 0 radical (unpaired) electrons. The van der Waals surface area contributed by atoms with Gasteiger partial charge in [0.2, 0.25) is 11.8 Å². The Kier molecular flexibility index (Phi) is 11.9. The van der Waals surface area contributed by atoms with E-state index < -0.39 is 36.1 Å². The van der Waals surface area contributed by atoms with Crippen molar-refractivity contribution in [2.24, 2.45) is 0 Å². The van der Waals surface area contributed by atoms with Gasteiger partial charge >= 0.3 is 0 Å². The zero-order valence-corrected chi connectivity index (χ0v) is 28.9. The van der Waals surface area contributed by atoms with E-state index in [9.17, 15) is 29.4 Å². The lowest BCUT2D eigenvalue weighted by Crippen LogP contribution is -2.47. The van der Waals surface area contributed by atoms with E-state index in [0.29, 0.717) is 50.1 Å². The topological polar surface area (TPSA) is 139 Å². The molecule has 10 heteroatoms. The summed E-state index contributed by atoms with van der Waals surface area (Å²) in [5.74, 6) is -1.41. The lowest BCUT2D eigenvalue weighted by molar-refractivity contribution is -0.144. The SMILES string of the molecule is O=C(Nc1ccc(/C=C/c2ccc(NC(=O)[C@@H]3CCCN3C(=O)[C@@H](O)Cc3ccccc3)cc2)cc1)[C@@H]1CCCN1C(=O)[C@@H](O)Cc1ccccc1. The smallest absolute Gasteiger partial charge is 0.252 e. The van der Waals surface area contributed by atoms with Crippen molar-refractivity contribution >= 4 is 47.2 Å². The van der Waals surface area contributed by atoms with Crippen LogP contribution in [-0.2, 0) is 32.0 Å². The number of likely N-dealkylation sites (tertiary alicyclic amines) is 2. The Hall–Kier alpha value is -5.58. The molecule has 0 saturated carbocycles. The minimum Gasteiger partial charge on any atom is -0.383 e. The highest BCUT2D eigenvalue weighted by atomic mass is 16.3. The van der Waals surface area contributed by atoms with Crippen LogP contribution in [0.1, 0.15) is 47.9 Å². The van der Waals surface area contributed by atoms with Gasteiger partial charge < -0.3 is 30.6 Å². The first-order valence-electron chi connectivity index (χ1n) is 17.8. The van der Waals surface area contributed by atoms with Gasteiger partial charge in [0.25, 0.3) is 11.8 Å². The third-order valence-corrected chi connectivity index (χ3v) is 9.62. The van der Waals surface area contributed by atoms with Crippen molar-refractivity contribution in [3.8, 4) is 0 Å². The zero-order valence-electron chi connectivity index (χ0n) is 28.9. The Morgan fingerprint density at radius 1 is 0.577 bits per heavy atom. The quantitative estimate of drug-likeness (QED) is 0.155. The fourth-order valence-electron chi connectivity index (χ4n) is 6.84. The molecule has 0 spiro atoms. The summed E-state index contributed by atoms with van der Waals surface area (Å²) in [6.45, 7) is 0.862. The van der Waals surface area contributed by atoms with Crippen LogP contribution in [-0.4, -0.2) is 81.0 Å². The van der Waals surface area contributed by atoms with Crippen LogP contribution in [0.2, 0.25) is 0 Å². The molecule has 6 rings (SSSR count). The number of benzene rings is 4. The van der Waals surface area contributed by atoms with Crippen molar-refractivity contribution < 1.29 is 29.4 Å². The molecular weight excluding hydrogens is 656 g/mol. The second-order valence-electron chi connectivity index (χ2n) is 13.3. The molecule has 2 fully saturated rings. The molecular formula is C42H44N4O6. The van der Waals surface area contributed by atoms with Crippen LogP contribution in [0.4, 0.5) is 11.4 Å². The molecule has 0 aliphatic carbocycles. The maximum atomic E-state index is 13.2. The summed E-state index contributed by atoms with van der Waals surface area (Å²) < 4.78 is 0. The molecule has 52 heavy (non-hydrogen) atoms. The molecule has 4 amide bonds. The summed E-state index contributed by atoms with van der Waals surface area (Å²) >= 11 is 0. The molecule has 0 unspecified atom stereocenters. The van der Waals surface area contributed by atoms with Crippen molar-refractivity contribution in [2.75, 3.05) is 23.7 Å². The van der Waals surface area contributed by atoms with Crippen LogP contribution < -0.4 is 10.6 Å². The summed E-state index contributed by atoms with van der Waals surface area (Å²) in [6, 6.07) is 32.1. The second kappa shape index (κ2) is 17.1. The van der Waals surface area contributed by atoms with Crippen molar-refractivity contribution in [1.82, 2.24) is 9.80 Å². The molecule has 2 saturated heterocycles. The summed E-state index contributed by atoms with van der Waals surface area (Å²) in [5.41, 5.74) is 4.77. The molecule has 2 heterocycles. The summed E-state index contributed by atoms with van der Waals surface area (Å²) in [7, 11) is 0. The highest BCUT2D eigenvalue weighted by Gasteiger charge is 2.38. The first-order valence-corrected chi connectivity index (χ1v) is 17.8. The van der Waals surface area contributed by atoms with Crippen LogP contribution in [0.5, 0.6) is 0 Å². The molecule has 0 bridgehead atoms. The molecule has 4 aromatic rings. The molecule has 4 N–H and O–H groups in total. The zero-order chi connectivity index (χ0) is 36.5. The molecule has 0 aromatic heterocycles. The Balaban J connectivity index is 0.978. The van der Waals surface area contributed by atoms with Gasteiger partial charge in [-0.1, -0.05) is 97.1 Å². The Bertz CT molecular complexity index is 1730. The van der Waals surface area contributed by atoms with E-state index in [2.05, 4.69) is 10.6 Å². The van der Waals surface area contributed by atoms with E-state index in [1.54, 1.807) is 24.3 Å². The number of carbonyl (C=O) groups is 4. The minimum absolute atomic E-state index is 0.200. The Labute approximate surface area is 303 Å². The van der Waals surface area contributed by atoms with Gasteiger partial charge in [-0.05, 0) is 72.2 Å². The van der Waals surface area contributed by atoms with E-state index in [0.717, 1.165) is 22.3 Å². The third kappa shape index (κ3) is 9.20. The first kappa shape index (κ1) is 36.2. The second-order valence-corrected chi connectivity index (χ2v) is 13.3. The van der Waals surface area contributed by atoms with E-state index in [-0.39, 0.29) is 24.7 Å². The summed E-state index contributed by atoms with van der Waals surface area (Å²) in [5, 5.41) is 27.0. The van der Waals surface area contributed by atoms with E-state index in [4.69, 9.17) is 0 Å². The summed E-state index contributed by atoms with van der Waals surface area (Å²) in [4.78, 5) is 55.3. The highest BCUT2D eigenvalue weighted by Crippen LogP contribution is 2.24. The van der Waals surface area contributed by atoms with Crippen LogP contribution in [0.25, 0.3) is 12.2 Å². The van der Waals surface area contributed by atoms with Crippen LogP contribution in [0.3, 0.4) is 0 Å². The fraction of sp³-hybridized carbons (Fsp3) is 0.286. The van der Waals surface area contributed by atoms with Crippen LogP contribution >= 0.6 is 0 Å². The average Bonchev–Trinajstić information content (AvgIpc) is 3.87. The van der Waals surface area contributed by atoms with Gasteiger partial charge in [0.15, 0.2) is 0 Å². The maximum absolute atomic E-state index is 13.2. The number of nitrogens with zero attached hydrogens (tertiary/aromatic N) is 2. The number of amides is 4. The molecule has 4 atom stereocenters. The number of nitrogens with one attached hydrogen (secondary N) is 2. The van der Waals surface area contributed by atoms with Gasteiger partial charge in [-0.15, -0.1) is 0 Å². The number of hydrogen-bond donors (Lipinski definition) is 4. The van der Waals surface area contributed by atoms with Crippen LogP contribution in [0.15, 0.2) is 109 Å². The first-order chi connectivity index (χ1) is 25.2. The lowest BCUT2D eigenvalue weighted by Gasteiger charge is -2.26. The Morgan fingerprint density at radius 3 is 1.31 bits per heavy atom. The van der Waals surface area contributed by atoms with E-state index in [1.807, 2.05) is 97.1 Å². The minimum atomic E-state index is -1.21. The largest absolute Gasteiger partial charge is 0.383 e. The van der Waals surface area contributed by atoms with Crippen molar-refractivity contribution in [2.45, 2.75) is 62.8 Å². The van der Waals surface area contributed by atoms with E-state index >= 15 is 0 Å². The fourth-order valence-corrected chi connectivity index (χ4v) is 6.84. The molecule has 268 valence electrons.